The normalized spacial score (nSPS) is 20.2. The molecule has 4 amide bonds. The van der Waals surface area contributed by atoms with E-state index in [2.05, 4.69) is 10.6 Å². The van der Waals surface area contributed by atoms with Gasteiger partial charge in [-0.3, -0.25) is 24.5 Å². The topological polar surface area (TPSA) is 133 Å². The average molecular weight is 401 g/mol. The van der Waals surface area contributed by atoms with Gasteiger partial charge in [0.2, 0.25) is 11.8 Å². The highest BCUT2D eigenvalue weighted by Gasteiger charge is 2.39. The summed E-state index contributed by atoms with van der Waals surface area (Å²) in [6, 6.07) is 2.69. The van der Waals surface area contributed by atoms with Gasteiger partial charge in [0.05, 0.1) is 0 Å². The summed E-state index contributed by atoms with van der Waals surface area (Å²) in [5.74, 6) is -2.89. The van der Waals surface area contributed by atoms with Gasteiger partial charge in [-0.15, -0.1) is 0 Å². The fraction of sp³-hybridized carbons (Fsp3) is 0.450. The summed E-state index contributed by atoms with van der Waals surface area (Å²) in [6.45, 7) is 5.28. The summed E-state index contributed by atoms with van der Waals surface area (Å²) in [5, 5.41) is 14.1. The summed E-state index contributed by atoms with van der Waals surface area (Å²) in [4.78, 5) is 61.6. The second-order valence-electron chi connectivity index (χ2n) is 8.38. The van der Waals surface area contributed by atoms with Crippen molar-refractivity contribution >= 4 is 29.6 Å². The molecular formula is C20H23N3O6. The van der Waals surface area contributed by atoms with Gasteiger partial charge in [-0.05, 0) is 35.6 Å². The third-order valence-corrected chi connectivity index (χ3v) is 5.17. The van der Waals surface area contributed by atoms with E-state index in [4.69, 9.17) is 0 Å². The molecule has 0 saturated carbocycles. The number of carboxylic acid groups (broad SMARTS) is 1. The maximum absolute atomic E-state index is 12.7. The number of carbonyl (C=O) groups excluding carboxylic acids is 4. The van der Waals surface area contributed by atoms with E-state index >= 15 is 0 Å². The van der Waals surface area contributed by atoms with Crippen LogP contribution in [0.15, 0.2) is 18.2 Å². The van der Waals surface area contributed by atoms with Crippen LogP contribution in [0.4, 0.5) is 0 Å². The Bertz CT molecular complexity index is 917. The smallest absolute Gasteiger partial charge is 0.326 e. The first kappa shape index (κ1) is 20.5. The third-order valence-electron chi connectivity index (χ3n) is 5.17. The Morgan fingerprint density at radius 1 is 1.24 bits per heavy atom. The molecule has 1 unspecified atom stereocenters. The third kappa shape index (κ3) is 3.98. The summed E-state index contributed by atoms with van der Waals surface area (Å²) in [6.07, 6.45) is 0.414. The number of aliphatic carboxylic acids is 1. The number of hydrogen-bond donors (Lipinski definition) is 3. The fourth-order valence-corrected chi connectivity index (χ4v) is 3.58. The van der Waals surface area contributed by atoms with Crippen LogP contribution in [-0.2, 0) is 20.9 Å². The van der Waals surface area contributed by atoms with Gasteiger partial charge in [-0.25, -0.2) is 4.79 Å². The standard InChI is InChI=1S/C20H23N3O6/c1-20(2,3)15(19(28)29)22-16(25)10-4-5-12-11(8-10)9-23(18(12)27)13-6-7-14(24)21-17(13)26/h4-5,8,13,15H,6-7,9H2,1-3H3,(H,22,25)(H,28,29)(H,21,24,26)/t13?,15-/m1/s1. The van der Waals surface area contributed by atoms with Gasteiger partial charge in [0.1, 0.15) is 12.1 Å². The Kier molecular flexibility index (Phi) is 5.16. The number of hydrogen-bond acceptors (Lipinski definition) is 5. The number of carbonyl (C=O) groups is 5. The van der Waals surface area contributed by atoms with Crippen LogP contribution in [0.2, 0.25) is 0 Å². The molecule has 3 N–H and O–H groups in total. The van der Waals surface area contributed by atoms with Gasteiger partial charge in [-0.2, -0.15) is 0 Å². The SMILES string of the molecule is CC(C)(C)[C@H](NC(=O)c1ccc2c(c1)CN(C1CCC(=O)NC1=O)C2=O)C(=O)O. The molecule has 2 atom stereocenters. The van der Waals surface area contributed by atoms with Gasteiger partial charge in [-0.1, -0.05) is 20.8 Å². The summed E-state index contributed by atoms with van der Waals surface area (Å²) >= 11 is 0. The maximum atomic E-state index is 12.7. The molecule has 154 valence electrons. The highest BCUT2D eigenvalue weighted by molar-refractivity contribution is 6.06. The first-order valence-electron chi connectivity index (χ1n) is 9.30. The van der Waals surface area contributed by atoms with Crippen molar-refractivity contribution in [3.05, 3.63) is 34.9 Å². The largest absolute Gasteiger partial charge is 0.480 e. The molecule has 9 heteroatoms. The molecule has 3 rings (SSSR count). The molecule has 1 fully saturated rings. The van der Waals surface area contributed by atoms with E-state index < -0.39 is 35.3 Å². The fourth-order valence-electron chi connectivity index (χ4n) is 3.58. The van der Waals surface area contributed by atoms with Crippen LogP contribution < -0.4 is 10.6 Å². The lowest BCUT2D eigenvalue weighted by Gasteiger charge is -2.29. The van der Waals surface area contributed by atoms with Crippen molar-refractivity contribution < 1.29 is 29.1 Å². The molecule has 2 heterocycles. The summed E-state index contributed by atoms with van der Waals surface area (Å²) in [5.41, 5.74) is 0.514. The Balaban J connectivity index is 1.79. The number of nitrogens with zero attached hydrogens (tertiary/aromatic N) is 1. The van der Waals surface area contributed by atoms with Crippen LogP contribution in [0.3, 0.4) is 0 Å². The molecule has 0 radical (unpaired) electrons. The molecule has 2 aliphatic rings. The first-order valence-corrected chi connectivity index (χ1v) is 9.30. The van der Waals surface area contributed by atoms with Crippen molar-refractivity contribution in [2.24, 2.45) is 5.41 Å². The van der Waals surface area contributed by atoms with E-state index in [-0.39, 0.29) is 36.8 Å². The lowest BCUT2D eigenvalue weighted by Crippen LogP contribution is -2.52. The molecule has 9 nitrogen and oxygen atoms in total. The van der Waals surface area contributed by atoms with Crippen LogP contribution in [0.5, 0.6) is 0 Å². The second-order valence-corrected chi connectivity index (χ2v) is 8.38. The van der Waals surface area contributed by atoms with Gasteiger partial charge in [0.15, 0.2) is 0 Å². The van der Waals surface area contributed by atoms with Crippen LogP contribution >= 0.6 is 0 Å². The quantitative estimate of drug-likeness (QED) is 0.636. The molecule has 0 bridgehead atoms. The minimum atomic E-state index is -1.13. The Morgan fingerprint density at radius 2 is 1.93 bits per heavy atom. The lowest BCUT2D eigenvalue weighted by atomic mass is 9.86. The number of piperidine rings is 1. The van der Waals surface area contributed by atoms with Crippen molar-refractivity contribution in [1.29, 1.82) is 0 Å². The highest BCUT2D eigenvalue weighted by Crippen LogP contribution is 2.28. The van der Waals surface area contributed by atoms with E-state index in [0.717, 1.165) is 0 Å². The molecule has 2 aliphatic heterocycles. The predicted molar refractivity (Wildman–Crippen MR) is 101 cm³/mol. The highest BCUT2D eigenvalue weighted by atomic mass is 16.4. The molecule has 29 heavy (non-hydrogen) atoms. The maximum Gasteiger partial charge on any atom is 0.326 e. The molecule has 0 spiro atoms. The second kappa shape index (κ2) is 7.31. The average Bonchev–Trinajstić information content (AvgIpc) is 2.94. The van der Waals surface area contributed by atoms with Crippen LogP contribution in [0.25, 0.3) is 0 Å². The molecule has 1 aromatic rings. The van der Waals surface area contributed by atoms with Crippen LogP contribution in [-0.4, -0.2) is 51.7 Å². The predicted octanol–water partition coefficient (Wildman–Crippen LogP) is 0.677. The van der Waals surface area contributed by atoms with E-state index in [1.807, 2.05) is 0 Å². The van der Waals surface area contributed by atoms with Crippen molar-refractivity contribution in [2.45, 2.75) is 52.2 Å². The Morgan fingerprint density at radius 3 is 2.52 bits per heavy atom. The monoisotopic (exact) mass is 401 g/mol. The summed E-state index contributed by atoms with van der Waals surface area (Å²) in [7, 11) is 0. The zero-order valence-corrected chi connectivity index (χ0v) is 16.4. The van der Waals surface area contributed by atoms with Gasteiger partial charge in [0.25, 0.3) is 11.8 Å². The minimum absolute atomic E-state index is 0.142. The number of carboxylic acids is 1. The number of nitrogens with one attached hydrogen (secondary N) is 2. The molecule has 1 saturated heterocycles. The van der Waals surface area contributed by atoms with E-state index in [0.29, 0.717) is 11.1 Å². The molecule has 0 aliphatic carbocycles. The van der Waals surface area contributed by atoms with Crippen molar-refractivity contribution in [2.75, 3.05) is 0 Å². The number of benzene rings is 1. The molecule has 0 aromatic heterocycles. The number of rotatable bonds is 4. The Labute approximate surface area is 167 Å². The van der Waals surface area contributed by atoms with Crippen LogP contribution in [0, 0.1) is 5.41 Å². The van der Waals surface area contributed by atoms with Gasteiger partial charge >= 0.3 is 5.97 Å². The van der Waals surface area contributed by atoms with Crippen LogP contribution in [0.1, 0.15) is 59.9 Å². The van der Waals surface area contributed by atoms with Gasteiger partial charge < -0.3 is 15.3 Å². The van der Waals surface area contributed by atoms with Crippen molar-refractivity contribution in [1.82, 2.24) is 15.5 Å². The number of fused-ring (bicyclic) bond motifs is 1. The van der Waals surface area contributed by atoms with Gasteiger partial charge in [0, 0.05) is 24.1 Å². The van der Waals surface area contributed by atoms with Crippen molar-refractivity contribution in [3.8, 4) is 0 Å². The van der Waals surface area contributed by atoms with E-state index in [9.17, 15) is 29.1 Å². The van der Waals surface area contributed by atoms with E-state index in [1.54, 1.807) is 20.8 Å². The zero-order valence-electron chi connectivity index (χ0n) is 16.4. The minimum Gasteiger partial charge on any atom is -0.480 e. The van der Waals surface area contributed by atoms with E-state index in [1.165, 1.54) is 23.1 Å². The number of amides is 4. The molecule has 1 aromatic carbocycles. The zero-order chi connectivity index (χ0) is 21.5. The lowest BCUT2D eigenvalue weighted by molar-refractivity contribution is -0.142. The summed E-state index contributed by atoms with van der Waals surface area (Å²) < 4.78 is 0. The Hall–Kier alpha value is -3.23. The number of imide groups is 1. The van der Waals surface area contributed by atoms with Crippen molar-refractivity contribution in [3.63, 3.8) is 0 Å². The molecular weight excluding hydrogens is 378 g/mol. The first-order chi connectivity index (χ1) is 13.5.